The smallest absolute Gasteiger partial charge is 0.215 e. The number of hydrogen-bond acceptors (Lipinski definition) is 3. The highest BCUT2D eigenvalue weighted by atomic mass is 32.2. The van der Waals surface area contributed by atoms with Gasteiger partial charge < -0.3 is 5.32 Å². The quantitative estimate of drug-likeness (QED) is 0.684. The summed E-state index contributed by atoms with van der Waals surface area (Å²) >= 11 is 0. The van der Waals surface area contributed by atoms with E-state index in [9.17, 15) is 8.42 Å². The van der Waals surface area contributed by atoms with Crippen molar-refractivity contribution in [2.75, 3.05) is 19.6 Å². The molecule has 5 heteroatoms. The fourth-order valence-electron chi connectivity index (χ4n) is 1.45. The lowest BCUT2D eigenvalue weighted by molar-refractivity contribution is 0.490. The Morgan fingerprint density at radius 2 is 2.31 bits per heavy atom. The van der Waals surface area contributed by atoms with E-state index in [1.54, 1.807) is 0 Å². The number of nitrogens with one attached hydrogen (secondary N) is 2. The first kappa shape index (κ1) is 10.9. The topological polar surface area (TPSA) is 58.2 Å². The SMILES string of the molecule is CCCNS(=O)(=O)C1CCCNC1. The molecule has 1 aliphatic heterocycles. The summed E-state index contributed by atoms with van der Waals surface area (Å²) in [5, 5.41) is 2.87. The van der Waals surface area contributed by atoms with Gasteiger partial charge in [-0.2, -0.15) is 0 Å². The standard InChI is InChI=1S/C8H18N2O2S/c1-2-5-10-13(11,12)8-4-3-6-9-7-8/h8-10H,2-7H2,1H3. The van der Waals surface area contributed by atoms with Gasteiger partial charge in [0.15, 0.2) is 0 Å². The largest absolute Gasteiger partial charge is 0.315 e. The minimum atomic E-state index is -3.06. The van der Waals surface area contributed by atoms with E-state index in [0.717, 1.165) is 25.8 Å². The zero-order chi connectivity index (χ0) is 9.73. The summed E-state index contributed by atoms with van der Waals surface area (Å²) in [5.74, 6) is 0. The minimum absolute atomic E-state index is 0.229. The van der Waals surface area contributed by atoms with Crippen molar-refractivity contribution in [3.8, 4) is 0 Å². The Morgan fingerprint density at radius 1 is 1.54 bits per heavy atom. The monoisotopic (exact) mass is 206 g/mol. The molecular weight excluding hydrogens is 188 g/mol. The summed E-state index contributed by atoms with van der Waals surface area (Å²) < 4.78 is 25.8. The second-order valence-corrected chi connectivity index (χ2v) is 5.45. The summed E-state index contributed by atoms with van der Waals surface area (Å²) in [4.78, 5) is 0. The maximum atomic E-state index is 11.6. The van der Waals surface area contributed by atoms with Gasteiger partial charge in [-0.3, -0.25) is 0 Å². The molecule has 0 bridgehead atoms. The Bertz CT molecular complexity index is 233. The lowest BCUT2D eigenvalue weighted by Crippen LogP contribution is -2.44. The Labute approximate surface area is 80.1 Å². The average Bonchev–Trinajstić information content (AvgIpc) is 2.16. The van der Waals surface area contributed by atoms with Gasteiger partial charge >= 0.3 is 0 Å². The Kier molecular flexibility index (Phi) is 4.15. The van der Waals surface area contributed by atoms with Gasteiger partial charge in [0.25, 0.3) is 0 Å². The molecule has 0 saturated carbocycles. The molecule has 0 aromatic carbocycles. The van der Waals surface area contributed by atoms with E-state index in [1.165, 1.54) is 0 Å². The average molecular weight is 206 g/mol. The lowest BCUT2D eigenvalue weighted by Gasteiger charge is -2.22. The first-order valence-electron chi connectivity index (χ1n) is 4.86. The minimum Gasteiger partial charge on any atom is -0.315 e. The second kappa shape index (κ2) is 4.93. The highest BCUT2D eigenvalue weighted by Gasteiger charge is 2.25. The molecule has 1 heterocycles. The zero-order valence-corrected chi connectivity index (χ0v) is 8.86. The normalized spacial score (nSPS) is 24.5. The predicted molar refractivity (Wildman–Crippen MR) is 53.1 cm³/mol. The Balaban J connectivity index is 2.47. The molecular formula is C8H18N2O2S. The van der Waals surface area contributed by atoms with Gasteiger partial charge in [-0.1, -0.05) is 6.92 Å². The van der Waals surface area contributed by atoms with Crippen molar-refractivity contribution < 1.29 is 8.42 Å². The van der Waals surface area contributed by atoms with Crippen LogP contribution in [0, 0.1) is 0 Å². The fraction of sp³-hybridized carbons (Fsp3) is 1.00. The summed E-state index contributed by atoms with van der Waals surface area (Å²) in [6.45, 7) is 4.05. The molecule has 0 radical (unpaired) electrons. The van der Waals surface area contributed by atoms with Gasteiger partial charge in [-0.05, 0) is 25.8 Å². The van der Waals surface area contributed by atoms with Crippen LogP contribution in [0.2, 0.25) is 0 Å². The van der Waals surface area contributed by atoms with Crippen molar-refractivity contribution in [1.29, 1.82) is 0 Å². The third kappa shape index (κ3) is 3.25. The third-order valence-corrected chi connectivity index (χ3v) is 4.13. The molecule has 1 saturated heterocycles. The van der Waals surface area contributed by atoms with E-state index in [4.69, 9.17) is 0 Å². The van der Waals surface area contributed by atoms with Crippen LogP contribution in [0.5, 0.6) is 0 Å². The molecule has 1 atom stereocenters. The van der Waals surface area contributed by atoms with E-state index in [-0.39, 0.29) is 5.25 Å². The van der Waals surface area contributed by atoms with Crippen molar-refractivity contribution in [3.63, 3.8) is 0 Å². The van der Waals surface area contributed by atoms with E-state index in [0.29, 0.717) is 13.1 Å². The second-order valence-electron chi connectivity index (χ2n) is 3.41. The van der Waals surface area contributed by atoms with Crippen LogP contribution in [0.1, 0.15) is 26.2 Å². The molecule has 0 amide bonds. The van der Waals surface area contributed by atoms with Crippen molar-refractivity contribution in [1.82, 2.24) is 10.0 Å². The van der Waals surface area contributed by atoms with Crippen LogP contribution in [-0.4, -0.2) is 33.3 Å². The van der Waals surface area contributed by atoms with Crippen molar-refractivity contribution >= 4 is 10.0 Å². The maximum absolute atomic E-state index is 11.6. The third-order valence-electron chi connectivity index (χ3n) is 2.24. The molecule has 0 aliphatic carbocycles. The molecule has 4 nitrogen and oxygen atoms in total. The predicted octanol–water partition coefficient (Wildman–Crippen LogP) is 0.0678. The van der Waals surface area contributed by atoms with E-state index in [1.807, 2.05) is 6.92 Å². The lowest BCUT2D eigenvalue weighted by atomic mass is 10.2. The zero-order valence-electron chi connectivity index (χ0n) is 8.04. The van der Waals surface area contributed by atoms with Crippen LogP contribution in [-0.2, 0) is 10.0 Å². The number of hydrogen-bond donors (Lipinski definition) is 2. The van der Waals surface area contributed by atoms with Crippen molar-refractivity contribution in [2.45, 2.75) is 31.4 Å². The Morgan fingerprint density at radius 3 is 2.85 bits per heavy atom. The highest BCUT2D eigenvalue weighted by Crippen LogP contribution is 2.09. The van der Waals surface area contributed by atoms with E-state index < -0.39 is 10.0 Å². The molecule has 78 valence electrons. The number of rotatable bonds is 4. The van der Waals surface area contributed by atoms with Crippen LogP contribution in [0.3, 0.4) is 0 Å². The van der Waals surface area contributed by atoms with Gasteiger partial charge in [0.05, 0.1) is 5.25 Å². The molecule has 1 fully saturated rings. The summed E-state index contributed by atoms with van der Waals surface area (Å²) in [7, 11) is -3.06. The first-order valence-corrected chi connectivity index (χ1v) is 6.40. The first-order chi connectivity index (χ1) is 6.17. The van der Waals surface area contributed by atoms with Crippen LogP contribution in [0.15, 0.2) is 0 Å². The van der Waals surface area contributed by atoms with Crippen LogP contribution >= 0.6 is 0 Å². The molecule has 1 rings (SSSR count). The molecule has 0 spiro atoms. The van der Waals surface area contributed by atoms with E-state index in [2.05, 4.69) is 10.0 Å². The highest BCUT2D eigenvalue weighted by molar-refractivity contribution is 7.90. The van der Waals surface area contributed by atoms with Gasteiger partial charge in [0.2, 0.25) is 10.0 Å². The molecule has 0 aromatic heterocycles. The van der Waals surface area contributed by atoms with Crippen molar-refractivity contribution in [2.24, 2.45) is 0 Å². The molecule has 13 heavy (non-hydrogen) atoms. The molecule has 0 aromatic rings. The van der Waals surface area contributed by atoms with Gasteiger partial charge in [-0.15, -0.1) is 0 Å². The van der Waals surface area contributed by atoms with Gasteiger partial charge in [-0.25, -0.2) is 13.1 Å². The maximum Gasteiger partial charge on any atom is 0.215 e. The Hall–Kier alpha value is -0.130. The van der Waals surface area contributed by atoms with Crippen LogP contribution in [0.25, 0.3) is 0 Å². The summed E-state index contributed by atoms with van der Waals surface area (Å²) in [5.41, 5.74) is 0. The van der Waals surface area contributed by atoms with Crippen molar-refractivity contribution in [3.05, 3.63) is 0 Å². The van der Waals surface area contributed by atoms with Crippen LogP contribution in [0.4, 0.5) is 0 Å². The van der Waals surface area contributed by atoms with Gasteiger partial charge in [0, 0.05) is 13.1 Å². The summed E-state index contributed by atoms with van der Waals surface area (Å²) in [6.07, 6.45) is 2.59. The van der Waals surface area contributed by atoms with E-state index >= 15 is 0 Å². The number of sulfonamides is 1. The number of piperidine rings is 1. The molecule has 1 unspecified atom stereocenters. The molecule has 2 N–H and O–H groups in total. The van der Waals surface area contributed by atoms with Gasteiger partial charge in [0.1, 0.15) is 0 Å². The molecule has 1 aliphatic rings. The fourth-order valence-corrected chi connectivity index (χ4v) is 2.99. The van der Waals surface area contributed by atoms with Crippen LogP contribution < -0.4 is 10.0 Å². The summed E-state index contributed by atoms with van der Waals surface area (Å²) in [6, 6.07) is 0.